The van der Waals surface area contributed by atoms with Crippen LogP contribution in [0.2, 0.25) is 0 Å². The van der Waals surface area contributed by atoms with E-state index in [0.29, 0.717) is 6.54 Å². The fourth-order valence-electron chi connectivity index (χ4n) is 2.90. The first-order chi connectivity index (χ1) is 10.2. The predicted octanol–water partition coefficient (Wildman–Crippen LogP) is 2.27. The molecule has 3 rings (SSSR count). The maximum absolute atomic E-state index is 12.2. The molecule has 2 aromatic rings. The molecule has 21 heavy (non-hydrogen) atoms. The highest BCUT2D eigenvalue weighted by Crippen LogP contribution is 2.22. The Bertz CT molecular complexity index is 645. The summed E-state index contributed by atoms with van der Waals surface area (Å²) >= 11 is 0. The van der Waals surface area contributed by atoms with Gasteiger partial charge in [0.2, 0.25) is 0 Å². The standard InChI is InChI=1S/C17H21N3O/c1-20-11-10-18-16(20)8-9-19-17(21)15-7-6-13-4-2-3-5-14(13)12-15/h6-7,10-12H,2-5,8-9H2,1H3,(H,19,21). The Morgan fingerprint density at radius 1 is 1.29 bits per heavy atom. The van der Waals surface area contributed by atoms with Crippen molar-refractivity contribution in [2.24, 2.45) is 7.05 Å². The third-order valence-electron chi connectivity index (χ3n) is 4.17. The van der Waals surface area contributed by atoms with Crippen molar-refractivity contribution < 1.29 is 4.79 Å². The lowest BCUT2D eigenvalue weighted by Gasteiger charge is -2.16. The molecule has 1 heterocycles. The lowest BCUT2D eigenvalue weighted by molar-refractivity contribution is 0.0954. The number of carbonyl (C=O) groups excluding carboxylic acids is 1. The molecule has 0 bridgehead atoms. The Kier molecular flexibility index (Phi) is 4.04. The number of hydrogen-bond donors (Lipinski definition) is 1. The van der Waals surface area contributed by atoms with Gasteiger partial charge in [-0.25, -0.2) is 4.98 Å². The van der Waals surface area contributed by atoms with Crippen LogP contribution in [0.15, 0.2) is 30.6 Å². The van der Waals surface area contributed by atoms with Gasteiger partial charge in [0.25, 0.3) is 5.91 Å². The van der Waals surface area contributed by atoms with Gasteiger partial charge in [-0.2, -0.15) is 0 Å². The Balaban J connectivity index is 1.59. The van der Waals surface area contributed by atoms with E-state index in [4.69, 9.17) is 0 Å². The third kappa shape index (κ3) is 3.15. The monoisotopic (exact) mass is 283 g/mol. The molecular formula is C17H21N3O. The SMILES string of the molecule is Cn1ccnc1CCNC(=O)c1ccc2c(c1)CCCC2. The van der Waals surface area contributed by atoms with E-state index in [1.165, 1.54) is 24.0 Å². The van der Waals surface area contributed by atoms with Gasteiger partial charge in [-0.05, 0) is 48.9 Å². The zero-order valence-electron chi connectivity index (χ0n) is 12.4. The van der Waals surface area contributed by atoms with Crippen LogP contribution in [0.1, 0.15) is 40.2 Å². The van der Waals surface area contributed by atoms with E-state index in [9.17, 15) is 4.79 Å². The molecule has 1 aliphatic carbocycles. The van der Waals surface area contributed by atoms with E-state index >= 15 is 0 Å². The van der Waals surface area contributed by atoms with Crippen molar-refractivity contribution in [2.75, 3.05) is 6.54 Å². The zero-order valence-corrected chi connectivity index (χ0v) is 12.4. The van der Waals surface area contributed by atoms with Gasteiger partial charge < -0.3 is 9.88 Å². The highest BCUT2D eigenvalue weighted by Gasteiger charge is 2.12. The van der Waals surface area contributed by atoms with Crippen LogP contribution in [-0.2, 0) is 26.3 Å². The number of hydrogen-bond acceptors (Lipinski definition) is 2. The normalized spacial score (nSPS) is 13.8. The Morgan fingerprint density at radius 2 is 2.10 bits per heavy atom. The topological polar surface area (TPSA) is 46.9 Å². The minimum absolute atomic E-state index is 0.0117. The molecule has 0 radical (unpaired) electrons. The van der Waals surface area contributed by atoms with Crippen molar-refractivity contribution in [3.8, 4) is 0 Å². The summed E-state index contributed by atoms with van der Waals surface area (Å²) < 4.78 is 1.98. The van der Waals surface area contributed by atoms with Crippen molar-refractivity contribution in [3.05, 3.63) is 53.1 Å². The van der Waals surface area contributed by atoms with Crippen molar-refractivity contribution in [2.45, 2.75) is 32.1 Å². The molecule has 4 heteroatoms. The largest absolute Gasteiger partial charge is 0.352 e. The van der Waals surface area contributed by atoms with Gasteiger partial charge in [0.05, 0.1) is 0 Å². The predicted molar refractivity (Wildman–Crippen MR) is 82.3 cm³/mol. The lowest BCUT2D eigenvalue weighted by Crippen LogP contribution is -2.26. The molecule has 0 fully saturated rings. The Hall–Kier alpha value is -2.10. The maximum atomic E-state index is 12.2. The number of benzene rings is 1. The van der Waals surface area contributed by atoms with E-state index in [-0.39, 0.29) is 5.91 Å². The van der Waals surface area contributed by atoms with Gasteiger partial charge >= 0.3 is 0 Å². The van der Waals surface area contributed by atoms with Crippen LogP contribution in [0.25, 0.3) is 0 Å². The first kappa shape index (κ1) is 13.9. The number of rotatable bonds is 4. The van der Waals surface area contributed by atoms with Crippen LogP contribution in [0.5, 0.6) is 0 Å². The molecule has 0 atom stereocenters. The number of fused-ring (bicyclic) bond motifs is 1. The lowest BCUT2D eigenvalue weighted by atomic mass is 9.90. The first-order valence-corrected chi connectivity index (χ1v) is 7.60. The van der Waals surface area contributed by atoms with Gasteiger partial charge in [-0.1, -0.05) is 6.07 Å². The number of aromatic nitrogens is 2. The number of imidazole rings is 1. The van der Waals surface area contributed by atoms with Crippen LogP contribution in [0, 0.1) is 0 Å². The molecule has 0 aliphatic heterocycles. The maximum Gasteiger partial charge on any atom is 0.251 e. The Labute approximate surface area is 125 Å². The highest BCUT2D eigenvalue weighted by molar-refractivity contribution is 5.94. The van der Waals surface area contributed by atoms with Crippen molar-refractivity contribution in [1.82, 2.24) is 14.9 Å². The Morgan fingerprint density at radius 3 is 2.86 bits per heavy atom. The fraction of sp³-hybridized carbons (Fsp3) is 0.412. The van der Waals surface area contributed by atoms with Crippen LogP contribution >= 0.6 is 0 Å². The van der Waals surface area contributed by atoms with E-state index < -0.39 is 0 Å². The molecular weight excluding hydrogens is 262 g/mol. The summed E-state index contributed by atoms with van der Waals surface area (Å²) in [5.41, 5.74) is 3.53. The molecule has 0 saturated heterocycles. The molecule has 0 saturated carbocycles. The van der Waals surface area contributed by atoms with Crippen molar-refractivity contribution in [3.63, 3.8) is 0 Å². The van der Waals surface area contributed by atoms with Crippen molar-refractivity contribution in [1.29, 1.82) is 0 Å². The van der Waals surface area contributed by atoms with Gasteiger partial charge in [0.1, 0.15) is 5.82 Å². The summed E-state index contributed by atoms with van der Waals surface area (Å²) in [6.07, 6.45) is 9.20. The quantitative estimate of drug-likeness (QED) is 0.935. The van der Waals surface area contributed by atoms with Crippen LogP contribution in [-0.4, -0.2) is 22.0 Å². The van der Waals surface area contributed by atoms with E-state index in [1.807, 2.05) is 23.9 Å². The molecule has 0 spiro atoms. The third-order valence-corrected chi connectivity index (χ3v) is 4.17. The van der Waals surface area contributed by atoms with E-state index in [2.05, 4.69) is 22.4 Å². The number of aryl methyl sites for hydroxylation is 3. The molecule has 1 aromatic heterocycles. The molecule has 0 unspecified atom stereocenters. The minimum atomic E-state index is 0.0117. The average Bonchev–Trinajstić information content (AvgIpc) is 2.92. The molecule has 1 N–H and O–H groups in total. The van der Waals surface area contributed by atoms with Crippen LogP contribution < -0.4 is 5.32 Å². The average molecular weight is 283 g/mol. The van der Waals surface area contributed by atoms with E-state index in [0.717, 1.165) is 30.7 Å². The summed E-state index contributed by atoms with van der Waals surface area (Å²) in [7, 11) is 1.97. The van der Waals surface area contributed by atoms with Gasteiger partial charge in [-0.15, -0.1) is 0 Å². The summed E-state index contributed by atoms with van der Waals surface area (Å²) in [6.45, 7) is 0.612. The smallest absolute Gasteiger partial charge is 0.251 e. The zero-order chi connectivity index (χ0) is 14.7. The second kappa shape index (κ2) is 6.12. The van der Waals surface area contributed by atoms with Gasteiger partial charge in [-0.3, -0.25) is 4.79 Å². The minimum Gasteiger partial charge on any atom is -0.352 e. The summed E-state index contributed by atoms with van der Waals surface area (Å²) in [6, 6.07) is 6.12. The fourth-order valence-corrected chi connectivity index (χ4v) is 2.90. The van der Waals surface area contributed by atoms with Gasteiger partial charge in [0, 0.05) is 38.0 Å². The second-order valence-corrected chi connectivity index (χ2v) is 5.65. The molecule has 110 valence electrons. The second-order valence-electron chi connectivity index (χ2n) is 5.65. The van der Waals surface area contributed by atoms with Crippen molar-refractivity contribution >= 4 is 5.91 Å². The molecule has 1 aromatic carbocycles. The summed E-state index contributed by atoms with van der Waals surface area (Å²) in [5, 5.41) is 2.98. The molecule has 1 aliphatic rings. The first-order valence-electron chi connectivity index (χ1n) is 7.60. The number of amides is 1. The molecule has 4 nitrogen and oxygen atoms in total. The van der Waals surface area contributed by atoms with Crippen LogP contribution in [0.4, 0.5) is 0 Å². The number of nitrogens with zero attached hydrogens (tertiary/aromatic N) is 2. The van der Waals surface area contributed by atoms with E-state index in [1.54, 1.807) is 6.20 Å². The van der Waals surface area contributed by atoms with Gasteiger partial charge in [0.15, 0.2) is 0 Å². The van der Waals surface area contributed by atoms with Crippen LogP contribution in [0.3, 0.4) is 0 Å². The molecule has 1 amide bonds. The number of carbonyl (C=O) groups is 1. The number of nitrogens with one attached hydrogen (secondary N) is 1. The summed E-state index contributed by atoms with van der Waals surface area (Å²) in [4.78, 5) is 16.5. The highest BCUT2D eigenvalue weighted by atomic mass is 16.1. The summed E-state index contributed by atoms with van der Waals surface area (Å²) in [5.74, 6) is 0.998.